The fourth-order valence-corrected chi connectivity index (χ4v) is 3.14. The maximum absolute atomic E-state index is 12.7. The summed E-state index contributed by atoms with van der Waals surface area (Å²) in [5, 5.41) is 3.37. The highest BCUT2D eigenvalue weighted by atomic mass is 35.5. The Balaban J connectivity index is 2.37. The first-order chi connectivity index (χ1) is 11.8. The van der Waals surface area contributed by atoms with Crippen LogP contribution in [0, 0.1) is 20.8 Å². The fourth-order valence-electron chi connectivity index (χ4n) is 2.97. The second kappa shape index (κ2) is 8.34. The van der Waals surface area contributed by atoms with E-state index in [9.17, 15) is 9.59 Å². The molecule has 0 saturated heterocycles. The van der Waals surface area contributed by atoms with Gasteiger partial charge in [0.05, 0.1) is 0 Å². The van der Waals surface area contributed by atoms with Gasteiger partial charge in [0.1, 0.15) is 5.56 Å². The Morgan fingerprint density at radius 1 is 1.16 bits per heavy atom. The molecule has 0 atom stereocenters. The first-order valence-corrected chi connectivity index (χ1v) is 9.01. The molecular formula is C20H25ClN2O2. The predicted octanol–water partition coefficient (Wildman–Crippen LogP) is 4.87. The van der Waals surface area contributed by atoms with Gasteiger partial charge in [-0.15, -0.1) is 0 Å². The van der Waals surface area contributed by atoms with Gasteiger partial charge in [0.25, 0.3) is 5.91 Å². The molecule has 0 aliphatic heterocycles. The average molecular weight is 361 g/mol. The van der Waals surface area contributed by atoms with Crippen molar-refractivity contribution in [3.63, 3.8) is 0 Å². The summed E-state index contributed by atoms with van der Waals surface area (Å²) in [5.41, 5.74) is 3.05. The summed E-state index contributed by atoms with van der Waals surface area (Å²) in [6.45, 7) is 8.58. The zero-order valence-electron chi connectivity index (χ0n) is 15.3. The van der Waals surface area contributed by atoms with Crippen molar-refractivity contribution in [1.29, 1.82) is 0 Å². The van der Waals surface area contributed by atoms with Crippen molar-refractivity contribution in [1.82, 2.24) is 4.57 Å². The number of benzene rings is 1. The number of rotatable bonds is 6. The summed E-state index contributed by atoms with van der Waals surface area (Å²) in [4.78, 5) is 25.2. The van der Waals surface area contributed by atoms with Crippen LogP contribution < -0.4 is 10.7 Å². The molecule has 0 aliphatic rings. The van der Waals surface area contributed by atoms with Crippen LogP contribution in [-0.2, 0) is 6.54 Å². The third-order valence-electron chi connectivity index (χ3n) is 4.44. The van der Waals surface area contributed by atoms with Gasteiger partial charge < -0.3 is 9.88 Å². The lowest BCUT2D eigenvalue weighted by molar-refractivity contribution is 0.102. The fraction of sp³-hybridized carbons (Fsp3) is 0.400. The van der Waals surface area contributed by atoms with E-state index in [4.69, 9.17) is 11.6 Å². The number of aromatic nitrogens is 1. The normalized spacial score (nSPS) is 10.8. The lowest BCUT2D eigenvalue weighted by Gasteiger charge is -2.18. The quantitative estimate of drug-likeness (QED) is 0.747. The maximum Gasteiger partial charge on any atom is 0.261 e. The number of aryl methyl sites for hydroxylation is 2. The molecule has 1 aromatic carbocycles. The number of carbonyl (C=O) groups excluding carboxylic acids is 1. The number of unbranched alkanes of at least 4 members (excludes halogenated alkanes) is 2. The number of hydrogen-bond acceptors (Lipinski definition) is 2. The number of nitrogens with one attached hydrogen (secondary N) is 1. The van der Waals surface area contributed by atoms with E-state index < -0.39 is 5.91 Å². The van der Waals surface area contributed by atoms with Crippen LogP contribution in [-0.4, -0.2) is 10.5 Å². The number of nitrogens with zero attached hydrogens (tertiary/aromatic N) is 1. The summed E-state index contributed by atoms with van der Waals surface area (Å²) in [7, 11) is 0. The summed E-state index contributed by atoms with van der Waals surface area (Å²) < 4.78 is 2.05. The van der Waals surface area contributed by atoms with Crippen molar-refractivity contribution >= 4 is 23.2 Å². The first-order valence-electron chi connectivity index (χ1n) is 8.63. The summed E-state index contributed by atoms with van der Waals surface area (Å²) in [6.07, 6.45) is 3.27. The standard InChI is InChI=1S/C20H25ClN2O2/c1-5-6-7-10-23-14(3)11-18(24)19(15(23)4)20(25)22-17-12-16(21)9-8-13(17)2/h8-9,11-12H,5-7,10H2,1-4H3,(H,22,25). The Bertz CT molecular complexity index is 840. The van der Waals surface area contributed by atoms with Crippen LogP contribution in [0.1, 0.15) is 53.5 Å². The zero-order valence-corrected chi connectivity index (χ0v) is 16.0. The molecule has 5 heteroatoms. The van der Waals surface area contributed by atoms with Crippen molar-refractivity contribution in [2.75, 3.05) is 5.32 Å². The minimum atomic E-state index is -0.392. The van der Waals surface area contributed by atoms with Gasteiger partial charge >= 0.3 is 0 Å². The highest BCUT2D eigenvalue weighted by molar-refractivity contribution is 6.31. The van der Waals surface area contributed by atoms with Crippen LogP contribution in [0.5, 0.6) is 0 Å². The molecule has 0 saturated carbocycles. The number of amides is 1. The van der Waals surface area contributed by atoms with Gasteiger partial charge in [0.2, 0.25) is 0 Å². The molecule has 2 rings (SSSR count). The van der Waals surface area contributed by atoms with E-state index in [2.05, 4.69) is 16.8 Å². The molecular weight excluding hydrogens is 336 g/mol. The largest absolute Gasteiger partial charge is 0.348 e. The third-order valence-corrected chi connectivity index (χ3v) is 4.67. The Kier molecular flexibility index (Phi) is 6.43. The molecule has 1 aromatic heterocycles. The molecule has 1 heterocycles. The van der Waals surface area contributed by atoms with E-state index >= 15 is 0 Å². The third kappa shape index (κ3) is 4.51. The Morgan fingerprint density at radius 2 is 1.88 bits per heavy atom. The SMILES string of the molecule is CCCCCn1c(C)cc(=O)c(C(=O)Nc2cc(Cl)ccc2C)c1C. The Morgan fingerprint density at radius 3 is 2.56 bits per heavy atom. The van der Waals surface area contributed by atoms with Crippen molar-refractivity contribution in [2.24, 2.45) is 0 Å². The van der Waals surface area contributed by atoms with Gasteiger partial charge in [-0.25, -0.2) is 0 Å². The van der Waals surface area contributed by atoms with E-state index in [1.54, 1.807) is 18.2 Å². The lowest BCUT2D eigenvalue weighted by Crippen LogP contribution is -2.27. The van der Waals surface area contributed by atoms with Gasteiger partial charge in [-0.1, -0.05) is 37.4 Å². The molecule has 0 aliphatic carbocycles. The van der Waals surface area contributed by atoms with E-state index in [1.165, 1.54) is 0 Å². The number of halogens is 1. The molecule has 0 fully saturated rings. The molecule has 134 valence electrons. The van der Waals surface area contributed by atoms with Crippen molar-refractivity contribution in [3.8, 4) is 0 Å². The molecule has 4 nitrogen and oxygen atoms in total. The van der Waals surface area contributed by atoms with Crippen molar-refractivity contribution < 1.29 is 4.79 Å². The molecule has 0 bridgehead atoms. The predicted molar refractivity (Wildman–Crippen MR) is 104 cm³/mol. The minimum Gasteiger partial charge on any atom is -0.348 e. The van der Waals surface area contributed by atoms with Crippen LogP contribution in [0.2, 0.25) is 5.02 Å². The number of hydrogen-bond donors (Lipinski definition) is 1. The smallest absolute Gasteiger partial charge is 0.261 e. The monoisotopic (exact) mass is 360 g/mol. The molecule has 25 heavy (non-hydrogen) atoms. The second-order valence-electron chi connectivity index (χ2n) is 6.38. The Hall–Kier alpha value is -2.07. The molecule has 0 spiro atoms. The van der Waals surface area contributed by atoms with E-state index in [1.807, 2.05) is 26.8 Å². The molecule has 1 amide bonds. The summed E-state index contributed by atoms with van der Waals surface area (Å²) in [6, 6.07) is 6.84. The van der Waals surface area contributed by atoms with Crippen LogP contribution >= 0.6 is 11.6 Å². The van der Waals surface area contributed by atoms with Crippen LogP contribution in [0.3, 0.4) is 0 Å². The highest BCUT2D eigenvalue weighted by Crippen LogP contribution is 2.21. The maximum atomic E-state index is 12.7. The lowest BCUT2D eigenvalue weighted by atomic mass is 10.1. The summed E-state index contributed by atoms with van der Waals surface area (Å²) >= 11 is 6.01. The Labute approximate surface area is 153 Å². The minimum absolute atomic E-state index is 0.196. The van der Waals surface area contributed by atoms with Gasteiger partial charge in [0.15, 0.2) is 5.43 Å². The van der Waals surface area contributed by atoms with Gasteiger partial charge in [-0.05, 0) is 44.9 Å². The number of pyridine rings is 1. The van der Waals surface area contributed by atoms with Gasteiger partial charge in [-0.2, -0.15) is 0 Å². The first kappa shape index (κ1) is 19.3. The number of carbonyl (C=O) groups is 1. The zero-order chi connectivity index (χ0) is 18.6. The number of anilines is 1. The summed E-state index contributed by atoms with van der Waals surface area (Å²) in [5.74, 6) is -0.392. The van der Waals surface area contributed by atoms with E-state index in [-0.39, 0.29) is 11.0 Å². The molecule has 0 unspecified atom stereocenters. The van der Waals surface area contributed by atoms with Gasteiger partial charge in [0, 0.05) is 34.7 Å². The highest BCUT2D eigenvalue weighted by Gasteiger charge is 2.18. The van der Waals surface area contributed by atoms with E-state index in [0.29, 0.717) is 16.4 Å². The second-order valence-corrected chi connectivity index (χ2v) is 6.82. The van der Waals surface area contributed by atoms with Crippen LogP contribution in [0.25, 0.3) is 0 Å². The van der Waals surface area contributed by atoms with Crippen LogP contribution in [0.4, 0.5) is 5.69 Å². The van der Waals surface area contributed by atoms with Crippen molar-refractivity contribution in [2.45, 2.75) is 53.5 Å². The van der Waals surface area contributed by atoms with Crippen LogP contribution in [0.15, 0.2) is 29.1 Å². The average Bonchev–Trinajstić information content (AvgIpc) is 2.54. The topological polar surface area (TPSA) is 51.1 Å². The van der Waals surface area contributed by atoms with Gasteiger partial charge in [-0.3, -0.25) is 9.59 Å². The molecule has 2 aromatic rings. The van der Waals surface area contributed by atoms with Crippen molar-refractivity contribution in [3.05, 3.63) is 62.0 Å². The van der Waals surface area contributed by atoms with E-state index in [0.717, 1.165) is 37.1 Å². The molecule has 0 radical (unpaired) electrons. The molecule has 1 N–H and O–H groups in total.